The zero-order chi connectivity index (χ0) is 14.4. The van der Waals surface area contributed by atoms with Gasteiger partial charge in [0.05, 0.1) is 0 Å². The molecule has 1 aliphatic heterocycles. The van der Waals surface area contributed by atoms with E-state index in [2.05, 4.69) is 29.2 Å². The first kappa shape index (κ1) is 13.3. The lowest BCUT2D eigenvalue weighted by molar-refractivity contribution is -0.122. The van der Waals surface area contributed by atoms with Crippen LogP contribution in [0.2, 0.25) is 0 Å². The van der Waals surface area contributed by atoms with Crippen molar-refractivity contribution in [3.05, 3.63) is 29.8 Å². The lowest BCUT2D eigenvalue weighted by Gasteiger charge is -2.26. The number of anilines is 1. The Bertz CT molecular complexity index is 562. The number of carbonyl (C=O) groups excluding carboxylic acids is 1. The van der Waals surface area contributed by atoms with E-state index in [4.69, 9.17) is 5.73 Å². The minimum Gasteiger partial charge on any atom is -0.328 e. The summed E-state index contributed by atoms with van der Waals surface area (Å²) in [7, 11) is 0. The summed E-state index contributed by atoms with van der Waals surface area (Å²) in [5, 5.41) is 0. The first-order valence-corrected chi connectivity index (χ1v) is 8.36. The van der Waals surface area contributed by atoms with Gasteiger partial charge < -0.3 is 10.6 Å². The fraction of sp³-hybridized carbons (Fsp3) is 0.611. The largest absolute Gasteiger partial charge is 0.328 e. The molecule has 4 rings (SSSR count). The van der Waals surface area contributed by atoms with Crippen molar-refractivity contribution in [2.75, 3.05) is 11.4 Å². The molecule has 2 aliphatic carbocycles. The van der Waals surface area contributed by atoms with E-state index >= 15 is 0 Å². The van der Waals surface area contributed by atoms with E-state index in [1.54, 1.807) is 0 Å². The van der Waals surface area contributed by atoms with Crippen molar-refractivity contribution in [2.45, 2.75) is 56.4 Å². The van der Waals surface area contributed by atoms with Crippen molar-refractivity contribution in [1.29, 1.82) is 0 Å². The van der Waals surface area contributed by atoms with Crippen molar-refractivity contribution < 1.29 is 4.79 Å². The number of benzene rings is 1. The summed E-state index contributed by atoms with van der Waals surface area (Å²) in [5.41, 5.74) is 8.83. The zero-order valence-electron chi connectivity index (χ0n) is 12.6. The Morgan fingerprint density at radius 2 is 1.95 bits per heavy atom. The predicted octanol–water partition coefficient (Wildman–Crippen LogP) is 2.97. The van der Waals surface area contributed by atoms with Crippen LogP contribution in [-0.2, 0) is 10.2 Å². The monoisotopic (exact) mass is 284 g/mol. The first-order chi connectivity index (χ1) is 10.2. The van der Waals surface area contributed by atoms with E-state index in [-0.39, 0.29) is 17.4 Å². The van der Waals surface area contributed by atoms with E-state index in [9.17, 15) is 4.79 Å². The number of nitrogens with two attached hydrogens (primary N) is 1. The Balaban J connectivity index is 1.66. The summed E-state index contributed by atoms with van der Waals surface area (Å²) >= 11 is 0. The molecular weight excluding hydrogens is 260 g/mol. The van der Waals surface area contributed by atoms with E-state index in [0.717, 1.165) is 25.8 Å². The van der Waals surface area contributed by atoms with Crippen molar-refractivity contribution in [2.24, 2.45) is 11.7 Å². The number of hydrogen-bond donors (Lipinski definition) is 1. The molecule has 1 spiro atoms. The molecule has 3 aliphatic rings. The number of fused-ring (bicyclic) bond motifs is 2. The van der Waals surface area contributed by atoms with E-state index in [0.29, 0.717) is 5.91 Å². The Hall–Kier alpha value is -1.35. The smallest absolute Gasteiger partial charge is 0.230 e. The molecule has 0 bridgehead atoms. The fourth-order valence-electron chi connectivity index (χ4n) is 4.77. The number of amides is 1. The second-order valence-electron chi connectivity index (χ2n) is 7.20. The highest BCUT2D eigenvalue weighted by molar-refractivity contribution is 5.98. The van der Waals surface area contributed by atoms with E-state index in [1.807, 2.05) is 0 Å². The van der Waals surface area contributed by atoms with Gasteiger partial charge in [-0.05, 0) is 43.7 Å². The quantitative estimate of drug-likeness (QED) is 0.861. The molecule has 1 aromatic rings. The SMILES string of the molecule is NC1CCC(C(=O)N2CC3(CCCC3)c3ccccc32)C1. The van der Waals surface area contributed by atoms with Gasteiger partial charge in [-0.1, -0.05) is 31.0 Å². The molecule has 1 amide bonds. The van der Waals surface area contributed by atoms with Crippen LogP contribution in [0.1, 0.15) is 50.5 Å². The summed E-state index contributed by atoms with van der Waals surface area (Å²) in [6, 6.07) is 8.78. The maximum Gasteiger partial charge on any atom is 0.230 e. The Labute approximate surface area is 126 Å². The van der Waals surface area contributed by atoms with Gasteiger partial charge >= 0.3 is 0 Å². The van der Waals surface area contributed by atoms with E-state index in [1.165, 1.54) is 36.9 Å². The zero-order valence-corrected chi connectivity index (χ0v) is 12.6. The highest BCUT2D eigenvalue weighted by Gasteiger charge is 2.47. The molecule has 21 heavy (non-hydrogen) atoms. The summed E-state index contributed by atoms with van der Waals surface area (Å²) < 4.78 is 0. The molecule has 2 unspecified atom stereocenters. The third-order valence-electron chi connectivity index (χ3n) is 5.88. The Morgan fingerprint density at radius 3 is 2.67 bits per heavy atom. The molecule has 1 aromatic carbocycles. The lowest BCUT2D eigenvalue weighted by Crippen LogP contribution is -2.38. The first-order valence-electron chi connectivity index (χ1n) is 8.36. The van der Waals surface area contributed by atoms with Crippen molar-refractivity contribution in [1.82, 2.24) is 0 Å². The fourth-order valence-corrected chi connectivity index (χ4v) is 4.77. The second-order valence-corrected chi connectivity index (χ2v) is 7.20. The molecular formula is C18H24N2O. The third kappa shape index (κ3) is 2.02. The van der Waals surface area contributed by atoms with Crippen LogP contribution in [0.5, 0.6) is 0 Å². The van der Waals surface area contributed by atoms with Crippen molar-refractivity contribution in [3.8, 4) is 0 Å². The molecule has 2 fully saturated rings. The molecule has 0 saturated heterocycles. The summed E-state index contributed by atoms with van der Waals surface area (Å²) in [4.78, 5) is 15.1. The Kier molecular flexibility index (Phi) is 3.07. The van der Waals surface area contributed by atoms with Crippen LogP contribution in [-0.4, -0.2) is 18.5 Å². The minimum absolute atomic E-state index is 0.143. The van der Waals surface area contributed by atoms with Gasteiger partial charge in [0.2, 0.25) is 5.91 Å². The molecule has 3 nitrogen and oxygen atoms in total. The molecule has 0 radical (unpaired) electrons. The maximum absolute atomic E-state index is 13.0. The summed E-state index contributed by atoms with van der Waals surface area (Å²) in [6.45, 7) is 0.900. The molecule has 1 heterocycles. The van der Waals surface area contributed by atoms with Gasteiger partial charge in [0.25, 0.3) is 0 Å². The van der Waals surface area contributed by atoms with Gasteiger partial charge in [-0.3, -0.25) is 4.79 Å². The number of para-hydroxylation sites is 1. The predicted molar refractivity (Wildman–Crippen MR) is 84.3 cm³/mol. The molecule has 2 atom stereocenters. The van der Waals surface area contributed by atoms with Gasteiger partial charge in [-0.15, -0.1) is 0 Å². The average Bonchev–Trinajstić information content (AvgIpc) is 3.20. The van der Waals surface area contributed by atoms with Gasteiger partial charge in [-0.25, -0.2) is 0 Å². The van der Waals surface area contributed by atoms with Crippen LogP contribution in [0.4, 0.5) is 5.69 Å². The van der Waals surface area contributed by atoms with Gasteiger partial charge in [0.1, 0.15) is 0 Å². The average molecular weight is 284 g/mol. The van der Waals surface area contributed by atoms with Crippen LogP contribution in [0.25, 0.3) is 0 Å². The van der Waals surface area contributed by atoms with Crippen LogP contribution < -0.4 is 10.6 Å². The van der Waals surface area contributed by atoms with Crippen LogP contribution >= 0.6 is 0 Å². The molecule has 3 heteroatoms. The summed E-state index contributed by atoms with van der Waals surface area (Å²) in [6.07, 6.45) is 7.89. The minimum atomic E-state index is 0.143. The number of nitrogens with zero attached hydrogens (tertiary/aromatic N) is 1. The Morgan fingerprint density at radius 1 is 1.19 bits per heavy atom. The molecule has 112 valence electrons. The highest BCUT2D eigenvalue weighted by Crippen LogP contribution is 2.50. The highest BCUT2D eigenvalue weighted by atomic mass is 16.2. The number of rotatable bonds is 1. The second kappa shape index (κ2) is 4.84. The normalized spacial score (nSPS) is 30.0. The molecule has 0 aromatic heterocycles. The number of carbonyl (C=O) groups is 1. The van der Waals surface area contributed by atoms with Crippen molar-refractivity contribution >= 4 is 11.6 Å². The van der Waals surface area contributed by atoms with Gasteiger partial charge in [-0.2, -0.15) is 0 Å². The van der Waals surface area contributed by atoms with Gasteiger partial charge in [0, 0.05) is 29.6 Å². The summed E-state index contributed by atoms with van der Waals surface area (Å²) in [5.74, 6) is 0.462. The number of hydrogen-bond acceptors (Lipinski definition) is 2. The molecule has 2 N–H and O–H groups in total. The standard InChI is InChI=1S/C18H24N2O/c19-14-8-7-13(11-14)17(21)20-12-18(9-3-4-10-18)15-5-1-2-6-16(15)20/h1-2,5-6,13-14H,3-4,7-12,19H2. The van der Waals surface area contributed by atoms with Gasteiger partial charge in [0.15, 0.2) is 0 Å². The van der Waals surface area contributed by atoms with Crippen LogP contribution in [0.15, 0.2) is 24.3 Å². The lowest BCUT2D eigenvalue weighted by atomic mass is 9.81. The van der Waals surface area contributed by atoms with Crippen molar-refractivity contribution in [3.63, 3.8) is 0 Å². The van der Waals surface area contributed by atoms with E-state index < -0.39 is 0 Å². The maximum atomic E-state index is 13.0. The van der Waals surface area contributed by atoms with Crippen LogP contribution in [0.3, 0.4) is 0 Å². The molecule has 2 saturated carbocycles. The van der Waals surface area contributed by atoms with Crippen LogP contribution in [0, 0.1) is 5.92 Å². The third-order valence-corrected chi connectivity index (χ3v) is 5.88. The topological polar surface area (TPSA) is 46.3 Å².